The molecule has 0 aromatic heterocycles. The molecule has 0 radical (unpaired) electrons. The molecule has 0 fully saturated rings. The molecule has 24 heavy (non-hydrogen) atoms. The summed E-state index contributed by atoms with van der Waals surface area (Å²) in [5, 5.41) is 3.82. The largest absolute Gasteiger partial charge is 0.471 e. The Morgan fingerprint density at radius 2 is 1.54 bits per heavy atom. The number of anilines is 2. The van der Waals surface area contributed by atoms with Crippen molar-refractivity contribution in [2.24, 2.45) is 0 Å². The second-order valence-electron chi connectivity index (χ2n) is 4.58. The Labute approximate surface area is 138 Å². The first-order valence-electron chi connectivity index (χ1n) is 6.42. The third kappa shape index (κ3) is 4.23. The van der Waals surface area contributed by atoms with Gasteiger partial charge in [-0.15, -0.1) is 0 Å². The van der Waals surface area contributed by atoms with E-state index in [-0.39, 0.29) is 16.4 Å². The van der Waals surface area contributed by atoms with Gasteiger partial charge in [-0.1, -0.05) is 23.7 Å². The van der Waals surface area contributed by atoms with Crippen LogP contribution in [0.15, 0.2) is 42.5 Å². The molecule has 0 bridgehead atoms. The van der Waals surface area contributed by atoms with Crippen molar-refractivity contribution >= 4 is 34.8 Å². The van der Waals surface area contributed by atoms with E-state index in [2.05, 4.69) is 5.32 Å². The third-order valence-corrected chi connectivity index (χ3v) is 3.14. The van der Waals surface area contributed by atoms with Crippen LogP contribution in [0.3, 0.4) is 0 Å². The van der Waals surface area contributed by atoms with Gasteiger partial charge in [-0.05, 0) is 30.3 Å². The minimum absolute atomic E-state index is 0.0549. The lowest BCUT2D eigenvalue weighted by molar-refractivity contribution is -0.167. The first-order valence-corrected chi connectivity index (χ1v) is 6.80. The number of carbonyl (C=O) groups excluding carboxylic acids is 2. The summed E-state index contributed by atoms with van der Waals surface area (Å²) in [4.78, 5) is 22.9. The Bertz CT molecular complexity index is 773. The van der Waals surface area contributed by atoms with Crippen LogP contribution in [0, 0.1) is 5.82 Å². The van der Waals surface area contributed by atoms with Crippen LogP contribution in [0.4, 0.5) is 28.9 Å². The van der Waals surface area contributed by atoms with Gasteiger partial charge in [-0.3, -0.25) is 9.59 Å². The molecule has 2 N–H and O–H groups in total. The number of hydrogen-bond donors (Lipinski definition) is 2. The van der Waals surface area contributed by atoms with Crippen LogP contribution in [0.2, 0.25) is 5.02 Å². The van der Waals surface area contributed by atoms with Gasteiger partial charge in [0.2, 0.25) is 0 Å². The van der Waals surface area contributed by atoms with Crippen LogP contribution in [-0.2, 0) is 4.79 Å². The number of alkyl halides is 3. The molecule has 0 aliphatic heterocycles. The summed E-state index contributed by atoms with van der Waals surface area (Å²) in [7, 11) is 0. The molecular weight excluding hydrogens is 352 g/mol. The molecule has 0 heterocycles. The zero-order valence-electron chi connectivity index (χ0n) is 11.7. The molecular formula is C15H9ClF4N2O2. The fourth-order valence-electron chi connectivity index (χ4n) is 1.79. The fraction of sp³-hybridized carbons (Fsp3) is 0.0667. The van der Waals surface area contributed by atoms with E-state index >= 15 is 0 Å². The van der Waals surface area contributed by atoms with Crippen LogP contribution < -0.4 is 10.6 Å². The van der Waals surface area contributed by atoms with Crippen LogP contribution in [0.5, 0.6) is 0 Å². The zero-order chi connectivity index (χ0) is 17.9. The Balaban J connectivity index is 2.18. The molecule has 0 aliphatic carbocycles. The van der Waals surface area contributed by atoms with Gasteiger partial charge in [0.15, 0.2) is 0 Å². The maximum atomic E-state index is 13.7. The van der Waals surface area contributed by atoms with Crippen molar-refractivity contribution in [3.8, 4) is 0 Å². The maximum Gasteiger partial charge on any atom is 0.471 e. The van der Waals surface area contributed by atoms with E-state index in [1.807, 2.05) is 0 Å². The van der Waals surface area contributed by atoms with E-state index in [0.29, 0.717) is 0 Å². The van der Waals surface area contributed by atoms with E-state index in [1.54, 1.807) is 5.32 Å². The number of halogens is 5. The van der Waals surface area contributed by atoms with Gasteiger partial charge in [0.25, 0.3) is 5.91 Å². The number of nitrogens with one attached hydrogen (secondary N) is 2. The normalized spacial score (nSPS) is 11.0. The Morgan fingerprint density at radius 3 is 2.12 bits per heavy atom. The molecule has 2 amide bonds. The first kappa shape index (κ1) is 17.7. The highest BCUT2D eigenvalue weighted by atomic mass is 35.5. The molecule has 2 rings (SSSR count). The zero-order valence-corrected chi connectivity index (χ0v) is 12.5. The Morgan fingerprint density at radius 1 is 0.958 bits per heavy atom. The van der Waals surface area contributed by atoms with E-state index in [0.717, 1.165) is 12.1 Å². The van der Waals surface area contributed by atoms with E-state index in [1.165, 1.54) is 30.3 Å². The molecule has 0 spiro atoms. The lowest BCUT2D eigenvalue weighted by Crippen LogP contribution is -2.29. The minimum atomic E-state index is -5.04. The topological polar surface area (TPSA) is 58.2 Å². The van der Waals surface area contributed by atoms with Crippen LogP contribution >= 0.6 is 11.6 Å². The highest BCUT2D eigenvalue weighted by Gasteiger charge is 2.38. The van der Waals surface area contributed by atoms with E-state index < -0.39 is 29.4 Å². The van der Waals surface area contributed by atoms with Crippen LogP contribution in [0.25, 0.3) is 0 Å². The second kappa shape index (κ2) is 6.88. The molecule has 2 aromatic carbocycles. The molecule has 0 saturated carbocycles. The number of hydrogen-bond acceptors (Lipinski definition) is 2. The Kier molecular flexibility index (Phi) is 5.08. The fourth-order valence-corrected chi connectivity index (χ4v) is 2.03. The van der Waals surface area contributed by atoms with Crippen LogP contribution in [-0.4, -0.2) is 18.0 Å². The van der Waals surface area contributed by atoms with Gasteiger partial charge in [-0.2, -0.15) is 13.2 Å². The molecule has 0 unspecified atom stereocenters. The number of rotatable bonds is 3. The van der Waals surface area contributed by atoms with Gasteiger partial charge in [0.1, 0.15) is 5.82 Å². The third-order valence-electron chi connectivity index (χ3n) is 2.83. The van der Waals surface area contributed by atoms with Crippen molar-refractivity contribution < 1.29 is 27.2 Å². The van der Waals surface area contributed by atoms with Gasteiger partial charge < -0.3 is 10.6 Å². The average molecular weight is 361 g/mol. The molecule has 0 saturated heterocycles. The lowest BCUT2D eigenvalue weighted by Gasteiger charge is -2.11. The van der Waals surface area contributed by atoms with Crippen molar-refractivity contribution in [2.45, 2.75) is 6.18 Å². The summed E-state index contributed by atoms with van der Waals surface area (Å²) < 4.78 is 50.3. The highest BCUT2D eigenvalue weighted by Crippen LogP contribution is 2.23. The quantitative estimate of drug-likeness (QED) is 0.805. The van der Waals surface area contributed by atoms with Crippen molar-refractivity contribution in [1.29, 1.82) is 0 Å². The summed E-state index contributed by atoms with van der Waals surface area (Å²) in [6, 6.07) is 8.65. The van der Waals surface area contributed by atoms with Gasteiger partial charge in [0, 0.05) is 11.4 Å². The average Bonchev–Trinajstić information content (AvgIpc) is 2.46. The first-order chi connectivity index (χ1) is 11.2. The maximum absolute atomic E-state index is 13.7. The highest BCUT2D eigenvalue weighted by molar-refractivity contribution is 6.34. The number of carbonyl (C=O) groups is 2. The van der Waals surface area contributed by atoms with Gasteiger partial charge >= 0.3 is 12.1 Å². The van der Waals surface area contributed by atoms with Crippen molar-refractivity contribution in [3.63, 3.8) is 0 Å². The van der Waals surface area contributed by atoms with Crippen molar-refractivity contribution in [1.82, 2.24) is 0 Å². The summed E-state index contributed by atoms with van der Waals surface area (Å²) >= 11 is 5.76. The van der Waals surface area contributed by atoms with Crippen molar-refractivity contribution in [2.75, 3.05) is 10.6 Å². The summed E-state index contributed by atoms with van der Waals surface area (Å²) in [5.41, 5.74) is -0.530. The molecule has 126 valence electrons. The second-order valence-corrected chi connectivity index (χ2v) is 4.99. The van der Waals surface area contributed by atoms with Gasteiger partial charge in [-0.25, -0.2) is 4.39 Å². The summed E-state index contributed by atoms with van der Waals surface area (Å²) in [5.74, 6) is -3.87. The van der Waals surface area contributed by atoms with Crippen LogP contribution in [0.1, 0.15) is 10.4 Å². The van der Waals surface area contributed by atoms with Gasteiger partial charge in [0.05, 0.1) is 10.6 Å². The minimum Gasteiger partial charge on any atom is -0.322 e. The SMILES string of the molecule is O=C(Nc1cccc(NC(=O)C(F)(F)F)c1)c1c(F)cccc1Cl. The molecule has 0 atom stereocenters. The predicted molar refractivity (Wildman–Crippen MR) is 80.5 cm³/mol. The molecule has 2 aromatic rings. The smallest absolute Gasteiger partial charge is 0.322 e. The van der Waals surface area contributed by atoms with E-state index in [4.69, 9.17) is 11.6 Å². The van der Waals surface area contributed by atoms with E-state index in [9.17, 15) is 27.2 Å². The van der Waals surface area contributed by atoms with Crippen molar-refractivity contribution in [3.05, 3.63) is 58.9 Å². The Hall–Kier alpha value is -2.61. The lowest BCUT2D eigenvalue weighted by atomic mass is 10.2. The number of amides is 2. The molecule has 9 heteroatoms. The number of benzene rings is 2. The molecule has 0 aliphatic rings. The summed E-state index contributed by atoms with van der Waals surface area (Å²) in [6.45, 7) is 0. The molecule has 4 nitrogen and oxygen atoms in total. The monoisotopic (exact) mass is 360 g/mol. The standard InChI is InChI=1S/C15H9ClF4N2O2/c16-10-5-2-6-11(17)12(10)13(23)21-8-3-1-4-9(7-8)22-14(24)15(18,19)20/h1-7H,(H,21,23)(H,22,24). The summed E-state index contributed by atoms with van der Waals surface area (Å²) in [6.07, 6.45) is -5.04. The predicted octanol–water partition coefficient (Wildman–Crippen LogP) is 4.23.